The molecule has 0 rings (SSSR count). The molecule has 0 aliphatic carbocycles. The highest BCUT2D eigenvalue weighted by Crippen LogP contribution is 1.90. The van der Waals surface area contributed by atoms with Crippen molar-refractivity contribution >= 4 is 27.9 Å². The summed E-state index contributed by atoms with van der Waals surface area (Å²) < 4.78 is 34.4. The van der Waals surface area contributed by atoms with Gasteiger partial charge in [0, 0.05) is 5.33 Å². The van der Waals surface area contributed by atoms with Gasteiger partial charge >= 0.3 is 11.9 Å². The van der Waals surface area contributed by atoms with E-state index in [9.17, 15) is 9.59 Å². The van der Waals surface area contributed by atoms with Gasteiger partial charge in [0.05, 0.1) is 112 Å². The Bertz CT molecular complexity index is 400. The van der Waals surface area contributed by atoms with Crippen LogP contribution in [0.3, 0.4) is 0 Å². The van der Waals surface area contributed by atoms with Crippen molar-refractivity contribution in [3.63, 3.8) is 0 Å². The standard InChI is InChI=1S/C11H22O6.C6H14O4.C5H9BrO2/c1-2-17-11(13)3-5-14-7-9-16-10-8-15-6-4-12;7-1-3-9-5-6-10-4-2-8;1-2-8-5(7)3-4-6/h12H,2-10H2,1H3;7-8H,1-6H2;2-4H2,1H3. The van der Waals surface area contributed by atoms with Gasteiger partial charge in [-0.1, -0.05) is 15.9 Å². The molecule has 0 atom stereocenters. The molecule has 35 heavy (non-hydrogen) atoms. The molecule has 0 saturated carbocycles. The summed E-state index contributed by atoms with van der Waals surface area (Å²) in [6, 6.07) is 0. The Hall–Kier alpha value is -0.900. The topological polar surface area (TPSA) is 159 Å². The van der Waals surface area contributed by atoms with E-state index in [1.807, 2.05) is 0 Å². The SMILES string of the molecule is CCOC(=O)CCBr.CCOC(=O)CCOCCOCCOCCO.OCCOCCOCCO. The number of esters is 2. The summed E-state index contributed by atoms with van der Waals surface area (Å²) in [5.74, 6) is -0.379. The lowest BCUT2D eigenvalue weighted by atomic mass is 10.5. The quantitative estimate of drug-likeness (QED) is 0.0915. The largest absolute Gasteiger partial charge is 0.466 e. The minimum atomic E-state index is -0.245. The van der Waals surface area contributed by atoms with Crippen molar-refractivity contribution in [2.24, 2.45) is 0 Å². The summed E-state index contributed by atoms with van der Waals surface area (Å²) >= 11 is 3.12. The number of aliphatic hydroxyl groups is 3. The summed E-state index contributed by atoms with van der Waals surface area (Å²) in [5, 5.41) is 25.6. The number of rotatable bonds is 22. The average molecular weight is 581 g/mol. The molecule has 0 aliphatic rings. The van der Waals surface area contributed by atoms with Crippen molar-refractivity contribution in [1.82, 2.24) is 0 Å². The van der Waals surface area contributed by atoms with Gasteiger partial charge in [-0.15, -0.1) is 0 Å². The number of alkyl halides is 1. The Balaban J connectivity index is -0.000000483. The molecule has 0 radical (unpaired) electrons. The lowest BCUT2D eigenvalue weighted by Gasteiger charge is -2.06. The van der Waals surface area contributed by atoms with Crippen molar-refractivity contribution in [3.05, 3.63) is 0 Å². The van der Waals surface area contributed by atoms with Crippen LogP contribution in [0.5, 0.6) is 0 Å². The normalized spacial score (nSPS) is 10.0. The molecule has 0 spiro atoms. The Labute approximate surface area is 217 Å². The predicted molar refractivity (Wildman–Crippen MR) is 132 cm³/mol. The van der Waals surface area contributed by atoms with E-state index in [1.165, 1.54) is 0 Å². The molecule has 0 amide bonds. The second kappa shape index (κ2) is 37.6. The minimum Gasteiger partial charge on any atom is -0.466 e. The van der Waals surface area contributed by atoms with E-state index in [2.05, 4.69) is 20.7 Å². The van der Waals surface area contributed by atoms with Crippen molar-refractivity contribution in [2.45, 2.75) is 26.7 Å². The van der Waals surface area contributed by atoms with Crippen LogP contribution in [0.15, 0.2) is 0 Å². The number of carbonyl (C=O) groups excluding carboxylic acids is 2. The summed E-state index contributed by atoms with van der Waals surface area (Å²) in [7, 11) is 0. The number of hydrogen-bond donors (Lipinski definition) is 3. The van der Waals surface area contributed by atoms with Crippen molar-refractivity contribution in [3.8, 4) is 0 Å². The van der Waals surface area contributed by atoms with Crippen molar-refractivity contribution < 1.29 is 58.1 Å². The van der Waals surface area contributed by atoms with Crippen LogP contribution >= 0.6 is 15.9 Å². The molecule has 0 aromatic rings. The first-order valence-corrected chi connectivity index (χ1v) is 12.7. The van der Waals surface area contributed by atoms with Crippen LogP contribution in [0.4, 0.5) is 0 Å². The number of halogens is 1. The van der Waals surface area contributed by atoms with Gasteiger partial charge in [-0.2, -0.15) is 0 Å². The van der Waals surface area contributed by atoms with Gasteiger partial charge < -0.3 is 48.5 Å². The first-order valence-electron chi connectivity index (χ1n) is 11.6. The van der Waals surface area contributed by atoms with Crippen LogP contribution in [-0.2, 0) is 42.7 Å². The molecule has 0 bridgehead atoms. The maximum Gasteiger partial charge on any atom is 0.308 e. The van der Waals surface area contributed by atoms with Crippen LogP contribution in [0.2, 0.25) is 0 Å². The third-order valence-corrected chi connectivity index (χ3v) is 3.58. The van der Waals surface area contributed by atoms with E-state index in [4.69, 9.17) is 43.7 Å². The van der Waals surface area contributed by atoms with Gasteiger partial charge in [0.1, 0.15) is 0 Å². The number of carbonyl (C=O) groups is 2. The molecule has 0 aromatic carbocycles. The molecule has 0 saturated heterocycles. The second-order valence-electron chi connectivity index (χ2n) is 6.03. The maximum atomic E-state index is 10.9. The third kappa shape index (κ3) is 43.6. The monoisotopic (exact) mass is 580 g/mol. The zero-order chi connectivity index (χ0) is 26.8. The van der Waals surface area contributed by atoms with Crippen LogP contribution in [-0.4, -0.2) is 132 Å². The summed E-state index contributed by atoms with van der Waals surface area (Å²) in [6.07, 6.45) is 0.737. The average Bonchev–Trinajstić information content (AvgIpc) is 2.84. The van der Waals surface area contributed by atoms with Crippen molar-refractivity contribution in [1.29, 1.82) is 0 Å². The molecule has 0 aliphatic heterocycles. The smallest absolute Gasteiger partial charge is 0.308 e. The molecule has 0 fully saturated rings. The molecule has 13 heteroatoms. The number of ether oxygens (including phenoxy) is 7. The first kappa shape index (κ1) is 38.6. The summed E-state index contributed by atoms with van der Waals surface area (Å²) in [5.41, 5.74) is 0. The lowest BCUT2D eigenvalue weighted by Crippen LogP contribution is -2.13. The fourth-order valence-corrected chi connectivity index (χ4v) is 2.08. The zero-order valence-corrected chi connectivity index (χ0v) is 22.7. The van der Waals surface area contributed by atoms with E-state index < -0.39 is 0 Å². The van der Waals surface area contributed by atoms with Gasteiger partial charge in [-0.25, -0.2) is 0 Å². The second-order valence-corrected chi connectivity index (χ2v) is 6.82. The van der Waals surface area contributed by atoms with E-state index in [0.717, 1.165) is 0 Å². The van der Waals surface area contributed by atoms with Gasteiger partial charge in [-0.3, -0.25) is 9.59 Å². The Morgan fingerprint density at radius 3 is 1.17 bits per heavy atom. The van der Waals surface area contributed by atoms with Gasteiger partial charge in [0.15, 0.2) is 0 Å². The molecule has 0 unspecified atom stereocenters. The predicted octanol–water partition coefficient (Wildman–Crippen LogP) is 0.320. The fraction of sp³-hybridized carbons (Fsp3) is 0.909. The highest BCUT2D eigenvalue weighted by Gasteiger charge is 2.00. The third-order valence-electron chi connectivity index (χ3n) is 3.18. The Morgan fingerprint density at radius 1 is 0.543 bits per heavy atom. The van der Waals surface area contributed by atoms with Crippen LogP contribution in [0, 0.1) is 0 Å². The molecular weight excluding hydrogens is 536 g/mol. The van der Waals surface area contributed by atoms with E-state index in [-0.39, 0.29) is 38.2 Å². The highest BCUT2D eigenvalue weighted by atomic mass is 79.9. The van der Waals surface area contributed by atoms with Gasteiger partial charge in [0.25, 0.3) is 0 Å². The number of hydrogen-bond acceptors (Lipinski definition) is 12. The Kier molecular flexibility index (Phi) is 41.5. The molecule has 3 N–H and O–H groups in total. The number of aliphatic hydroxyl groups excluding tert-OH is 3. The molecule has 212 valence electrons. The van der Waals surface area contributed by atoms with E-state index in [0.29, 0.717) is 91.0 Å². The van der Waals surface area contributed by atoms with Crippen LogP contribution < -0.4 is 0 Å². The van der Waals surface area contributed by atoms with Crippen molar-refractivity contribution in [2.75, 3.05) is 104 Å². The minimum absolute atomic E-state index is 0.0248. The van der Waals surface area contributed by atoms with Gasteiger partial charge in [-0.05, 0) is 13.8 Å². The summed E-state index contributed by atoms with van der Waals surface area (Å²) in [4.78, 5) is 21.3. The molecular formula is C22H45BrO12. The maximum absolute atomic E-state index is 10.9. The zero-order valence-electron chi connectivity index (χ0n) is 21.1. The van der Waals surface area contributed by atoms with E-state index >= 15 is 0 Å². The first-order chi connectivity index (χ1) is 17.0. The fourth-order valence-electron chi connectivity index (χ4n) is 1.76. The molecule has 12 nitrogen and oxygen atoms in total. The lowest BCUT2D eigenvalue weighted by molar-refractivity contribution is -0.144. The van der Waals surface area contributed by atoms with Gasteiger partial charge in [0.2, 0.25) is 0 Å². The van der Waals surface area contributed by atoms with Crippen LogP contribution in [0.1, 0.15) is 26.7 Å². The molecule has 0 heterocycles. The summed E-state index contributed by atoms with van der Waals surface area (Å²) in [6.45, 7) is 8.72. The van der Waals surface area contributed by atoms with Crippen LogP contribution in [0.25, 0.3) is 0 Å². The van der Waals surface area contributed by atoms with E-state index in [1.54, 1.807) is 13.8 Å². The molecule has 0 aromatic heterocycles. The Morgan fingerprint density at radius 2 is 0.857 bits per heavy atom. The highest BCUT2D eigenvalue weighted by molar-refractivity contribution is 9.09.